The van der Waals surface area contributed by atoms with Crippen LogP contribution in [0.5, 0.6) is 0 Å². The number of nitrogens with one attached hydrogen (secondary N) is 2. The van der Waals surface area contributed by atoms with E-state index in [1.807, 2.05) is 0 Å². The molecule has 2 aromatic carbocycles. The topological polar surface area (TPSA) is 92.3 Å². The molecule has 1 aliphatic rings. The Morgan fingerprint density at radius 3 is 2.36 bits per heavy atom. The van der Waals surface area contributed by atoms with Crippen molar-refractivity contribution < 1.29 is 18.0 Å². The van der Waals surface area contributed by atoms with E-state index in [1.54, 1.807) is 24.3 Å². The molecule has 0 atom stereocenters. The van der Waals surface area contributed by atoms with Gasteiger partial charge in [0.15, 0.2) is 5.78 Å². The van der Waals surface area contributed by atoms with Crippen molar-refractivity contribution in [2.75, 3.05) is 4.72 Å². The van der Waals surface area contributed by atoms with E-state index < -0.39 is 10.0 Å². The summed E-state index contributed by atoms with van der Waals surface area (Å²) >= 11 is 0. The minimum atomic E-state index is -3.87. The molecule has 0 aromatic heterocycles. The summed E-state index contributed by atoms with van der Waals surface area (Å²) in [6.45, 7) is 1.41. The molecule has 0 spiro atoms. The number of ketones is 1. The summed E-state index contributed by atoms with van der Waals surface area (Å²) < 4.78 is 27.6. The molecule has 0 bridgehead atoms. The van der Waals surface area contributed by atoms with Crippen LogP contribution in [0, 0.1) is 0 Å². The quantitative estimate of drug-likeness (QED) is 0.776. The third-order valence-electron chi connectivity index (χ3n) is 3.84. The molecule has 3 rings (SSSR count). The number of rotatable bonds is 6. The molecular formula is C18H18N2O4S. The lowest BCUT2D eigenvalue weighted by Crippen LogP contribution is -2.25. The first kappa shape index (κ1) is 17.2. The second kappa shape index (κ2) is 6.68. The highest BCUT2D eigenvalue weighted by Gasteiger charge is 2.24. The highest BCUT2D eigenvalue weighted by molar-refractivity contribution is 7.92. The normalized spacial score (nSPS) is 14.0. The number of anilines is 1. The monoisotopic (exact) mass is 358 g/mol. The van der Waals surface area contributed by atoms with E-state index in [1.165, 1.54) is 31.2 Å². The van der Waals surface area contributed by atoms with Gasteiger partial charge in [0.25, 0.3) is 15.9 Å². The highest BCUT2D eigenvalue weighted by atomic mass is 32.2. The van der Waals surface area contributed by atoms with Gasteiger partial charge in [-0.2, -0.15) is 0 Å². The summed E-state index contributed by atoms with van der Waals surface area (Å²) in [5, 5.41) is 2.83. The summed E-state index contributed by atoms with van der Waals surface area (Å²) in [7, 11) is -3.87. The number of amides is 1. The average Bonchev–Trinajstić information content (AvgIpc) is 3.39. The molecule has 1 fully saturated rings. The molecule has 130 valence electrons. The van der Waals surface area contributed by atoms with Crippen LogP contribution in [0.4, 0.5) is 5.69 Å². The molecule has 0 saturated heterocycles. The van der Waals surface area contributed by atoms with Crippen LogP contribution in [0.15, 0.2) is 53.4 Å². The maximum Gasteiger partial charge on any atom is 0.261 e. The Labute approximate surface area is 146 Å². The van der Waals surface area contributed by atoms with Gasteiger partial charge in [0.05, 0.1) is 4.90 Å². The van der Waals surface area contributed by atoms with Gasteiger partial charge in [-0.3, -0.25) is 14.3 Å². The molecule has 25 heavy (non-hydrogen) atoms. The predicted molar refractivity (Wildman–Crippen MR) is 94.2 cm³/mol. The van der Waals surface area contributed by atoms with Crippen LogP contribution in [-0.2, 0) is 10.0 Å². The first-order valence-corrected chi connectivity index (χ1v) is 9.38. The summed E-state index contributed by atoms with van der Waals surface area (Å²) in [5.74, 6) is -0.432. The van der Waals surface area contributed by atoms with Gasteiger partial charge in [0, 0.05) is 22.9 Å². The number of carbonyl (C=O) groups excluding carboxylic acids is 2. The molecule has 6 nitrogen and oxygen atoms in total. The van der Waals surface area contributed by atoms with Crippen LogP contribution in [0.25, 0.3) is 0 Å². The maximum absolute atomic E-state index is 12.6. The van der Waals surface area contributed by atoms with Crippen LogP contribution in [0.1, 0.15) is 40.5 Å². The lowest BCUT2D eigenvalue weighted by atomic mass is 10.1. The molecule has 0 unspecified atom stereocenters. The Morgan fingerprint density at radius 2 is 1.68 bits per heavy atom. The van der Waals surface area contributed by atoms with E-state index in [9.17, 15) is 18.0 Å². The lowest BCUT2D eigenvalue weighted by molar-refractivity contribution is 0.0949. The van der Waals surface area contributed by atoms with Crippen molar-refractivity contribution in [3.63, 3.8) is 0 Å². The van der Waals surface area contributed by atoms with E-state index in [4.69, 9.17) is 0 Å². The number of hydrogen-bond acceptors (Lipinski definition) is 4. The minimum absolute atomic E-state index is 0.0100. The molecule has 0 heterocycles. The van der Waals surface area contributed by atoms with E-state index in [0.29, 0.717) is 16.8 Å². The highest BCUT2D eigenvalue weighted by Crippen LogP contribution is 2.21. The van der Waals surface area contributed by atoms with Gasteiger partial charge < -0.3 is 5.32 Å². The first-order chi connectivity index (χ1) is 11.8. The SMILES string of the molecule is CC(=O)c1cccc(NS(=O)(=O)c2cccc(C(=O)NC3CC3)c2)c1. The van der Waals surface area contributed by atoms with Gasteiger partial charge in [-0.25, -0.2) is 8.42 Å². The third kappa shape index (κ3) is 4.24. The van der Waals surface area contributed by atoms with Crippen molar-refractivity contribution in [3.8, 4) is 0 Å². The average molecular weight is 358 g/mol. The van der Waals surface area contributed by atoms with E-state index in [0.717, 1.165) is 12.8 Å². The molecule has 1 aliphatic carbocycles. The zero-order chi connectivity index (χ0) is 18.0. The fraction of sp³-hybridized carbons (Fsp3) is 0.222. The van der Waals surface area contributed by atoms with Crippen molar-refractivity contribution in [3.05, 3.63) is 59.7 Å². The van der Waals surface area contributed by atoms with Crippen molar-refractivity contribution in [2.45, 2.75) is 30.7 Å². The maximum atomic E-state index is 12.6. The summed E-state index contributed by atoms with van der Waals surface area (Å²) in [4.78, 5) is 23.5. The molecular weight excluding hydrogens is 340 g/mol. The summed E-state index contributed by atoms with van der Waals surface area (Å²) in [5.41, 5.74) is 1.01. The fourth-order valence-electron chi connectivity index (χ4n) is 2.32. The summed E-state index contributed by atoms with van der Waals surface area (Å²) in [6.07, 6.45) is 1.91. The van der Waals surface area contributed by atoms with Crippen molar-refractivity contribution in [1.29, 1.82) is 0 Å². The zero-order valence-corrected chi connectivity index (χ0v) is 14.5. The molecule has 2 aromatic rings. The number of Topliss-reactive ketones (excluding diaryl/α,β-unsaturated/α-hetero) is 1. The van der Waals surface area contributed by atoms with Gasteiger partial charge in [-0.05, 0) is 50.1 Å². The van der Waals surface area contributed by atoms with Gasteiger partial charge in [0.1, 0.15) is 0 Å². The Balaban J connectivity index is 1.83. The second-order valence-corrected chi connectivity index (χ2v) is 7.70. The number of carbonyl (C=O) groups is 2. The van der Waals surface area contributed by atoms with Crippen molar-refractivity contribution >= 4 is 27.4 Å². The van der Waals surface area contributed by atoms with Crippen molar-refractivity contribution in [1.82, 2.24) is 5.32 Å². The second-order valence-electron chi connectivity index (χ2n) is 6.02. The van der Waals surface area contributed by atoms with Crippen LogP contribution >= 0.6 is 0 Å². The Bertz CT molecular complexity index is 934. The van der Waals surface area contributed by atoms with E-state index in [2.05, 4.69) is 10.0 Å². The summed E-state index contributed by atoms with van der Waals surface area (Å²) in [6, 6.07) is 12.3. The Kier molecular flexibility index (Phi) is 4.59. The van der Waals surface area contributed by atoms with E-state index >= 15 is 0 Å². The predicted octanol–water partition coefficient (Wildman–Crippen LogP) is 2.58. The third-order valence-corrected chi connectivity index (χ3v) is 5.22. The van der Waals surface area contributed by atoms with Crippen LogP contribution in [0.2, 0.25) is 0 Å². The van der Waals surface area contributed by atoms with Gasteiger partial charge >= 0.3 is 0 Å². The molecule has 0 radical (unpaired) electrons. The first-order valence-electron chi connectivity index (χ1n) is 7.90. The number of benzene rings is 2. The van der Waals surface area contributed by atoms with Gasteiger partial charge in [-0.1, -0.05) is 18.2 Å². The Morgan fingerprint density at radius 1 is 1.00 bits per heavy atom. The molecule has 1 saturated carbocycles. The largest absolute Gasteiger partial charge is 0.349 e. The lowest BCUT2D eigenvalue weighted by Gasteiger charge is -2.10. The standard InChI is InChI=1S/C18H18N2O4S/c1-12(21)13-4-2-6-16(10-13)20-25(23,24)17-7-3-5-14(11-17)18(22)19-15-8-9-15/h2-7,10-11,15,20H,8-9H2,1H3,(H,19,22). The molecule has 7 heteroatoms. The van der Waals surface area contributed by atoms with Gasteiger partial charge in [0.2, 0.25) is 0 Å². The molecule has 0 aliphatic heterocycles. The van der Waals surface area contributed by atoms with Crippen molar-refractivity contribution in [2.24, 2.45) is 0 Å². The van der Waals surface area contributed by atoms with Crippen LogP contribution in [-0.4, -0.2) is 26.2 Å². The smallest absolute Gasteiger partial charge is 0.261 e. The number of hydrogen-bond donors (Lipinski definition) is 2. The molecule has 2 N–H and O–H groups in total. The number of sulfonamides is 1. The molecule has 1 amide bonds. The minimum Gasteiger partial charge on any atom is -0.349 e. The van der Waals surface area contributed by atoms with Gasteiger partial charge in [-0.15, -0.1) is 0 Å². The van der Waals surface area contributed by atoms with Crippen LogP contribution < -0.4 is 10.0 Å². The Hall–Kier alpha value is -2.67. The van der Waals surface area contributed by atoms with E-state index in [-0.39, 0.29) is 22.6 Å². The zero-order valence-electron chi connectivity index (χ0n) is 13.7. The fourth-order valence-corrected chi connectivity index (χ4v) is 3.41. The van der Waals surface area contributed by atoms with Crippen LogP contribution in [0.3, 0.4) is 0 Å².